The van der Waals surface area contributed by atoms with Gasteiger partial charge < -0.3 is 4.42 Å². The third-order valence-electron chi connectivity index (χ3n) is 3.02. The summed E-state index contributed by atoms with van der Waals surface area (Å²) in [6, 6.07) is 12.5. The molecule has 0 N–H and O–H groups in total. The van der Waals surface area contributed by atoms with Crippen molar-refractivity contribution in [1.82, 2.24) is 0 Å². The lowest BCUT2D eigenvalue weighted by Crippen LogP contribution is -1.75. The quantitative estimate of drug-likeness (QED) is 0.568. The Labute approximate surface area is 106 Å². The second-order valence-corrected chi connectivity index (χ2v) is 4.14. The molecule has 1 heterocycles. The standard InChI is InChI=1S/C17H13O/c1-2-3-4-8-14-12-18-16-11-10-13-7-5-6-9-15(13)17(14)16/h2-12H,1H2. The van der Waals surface area contributed by atoms with E-state index in [-0.39, 0.29) is 0 Å². The summed E-state index contributed by atoms with van der Waals surface area (Å²) in [5, 5.41) is 3.62. The van der Waals surface area contributed by atoms with Crippen molar-refractivity contribution in [2.75, 3.05) is 0 Å². The third-order valence-corrected chi connectivity index (χ3v) is 3.02. The zero-order valence-corrected chi connectivity index (χ0v) is 9.97. The van der Waals surface area contributed by atoms with Gasteiger partial charge in [0.05, 0.1) is 6.26 Å². The fourth-order valence-corrected chi connectivity index (χ4v) is 2.19. The molecule has 0 saturated heterocycles. The topological polar surface area (TPSA) is 13.1 Å². The molecule has 0 spiro atoms. The van der Waals surface area contributed by atoms with E-state index < -0.39 is 0 Å². The van der Waals surface area contributed by atoms with Gasteiger partial charge in [-0.05, 0) is 23.8 Å². The highest BCUT2D eigenvalue weighted by Crippen LogP contribution is 2.30. The number of allylic oxidation sites excluding steroid dienone is 3. The van der Waals surface area contributed by atoms with Crippen LogP contribution < -0.4 is 0 Å². The SMILES string of the molecule is [CH2]C=CC=Cc1coc2ccc3ccccc3c12. The summed E-state index contributed by atoms with van der Waals surface area (Å²) in [6.07, 6.45) is 9.48. The number of hydrogen-bond acceptors (Lipinski definition) is 1. The van der Waals surface area contributed by atoms with Crippen LogP contribution in [0.2, 0.25) is 0 Å². The van der Waals surface area contributed by atoms with Crippen LogP contribution in [-0.4, -0.2) is 0 Å². The first-order valence-electron chi connectivity index (χ1n) is 5.91. The number of benzene rings is 2. The van der Waals surface area contributed by atoms with E-state index in [1.807, 2.05) is 24.3 Å². The summed E-state index contributed by atoms with van der Waals surface area (Å²) in [7, 11) is 0. The maximum absolute atomic E-state index is 5.60. The van der Waals surface area contributed by atoms with E-state index in [1.54, 1.807) is 12.3 Å². The Hall–Kier alpha value is -2.28. The number of fused-ring (bicyclic) bond motifs is 3. The smallest absolute Gasteiger partial charge is 0.135 e. The van der Waals surface area contributed by atoms with Crippen LogP contribution in [0.1, 0.15) is 5.56 Å². The minimum atomic E-state index is 0.923. The fourth-order valence-electron chi connectivity index (χ4n) is 2.19. The van der Waals surface area contributed by atoms with Crippen molar-refractivity contribution in [3.05, 3.63) is 73.4 Å². The Morgan fingerprint density at radius 2 is 1.89 bits per heavy atom. The molecule has 87 valence electrons. The zero-order valence-electron chi connectivity index (χ0n) is 9.97. The Kier molecular flexibility index (Phi) is 2.73. The van der Waals surface area contributed by atoms with Crippen LogP contribution in [0, 0.1) is 6.92 Å². The van der Waals surface area contributed by atoms with Crippen molar-refractivity contribution in [2.45, 2.75) is 0 Å². The zero-order chi connectivity index (χ0) is 12.4. The van der Waals surface area contributed by atoms with Crippen molar-refractivity contribution in [1.29, 1.82) is 0 Å². The highest BCUT2D eigenvalue weighted by Gasteiger charge is 2.06. The monoisotopic (exact) mass is 233 g/mol. The van der Waals surface area contributed by atoms with Gasteiger partial charge in [-0.2, -0.15) is 0 Å². The summed E-state index contributed by atoms with van der Waals surface area (Å²) in [5.74, 6) is 0. The first-order valence-corrected chi connectivity index (χ1v) is 5.91. The van der Waals surface area contributed by atoms with Crippen molar-refractivity contribution >= 4 is 27.8 Å². The molecule has 1 radical (unpaired) electrons. The van der Waals surface area contributed by atoms with Crippen LogP contribution in [-0.2, 0) is 0 Å². The van der Waals surface area contributed by atoms with E-state index in [9.17, 15) is 0 Å². The summed E-state index contributed by atoms with van der Waals surface area (Å²) in [4.78, 5) is 0. The summed E-state index contributed by atoms with van der Waals surface area (Å²) in [5.41, 5.74) is 2.02. The van der Waals surface area contributed by atoms with Gasteiger partial charge in [0, 0.05) is 10.9 Å². The molecule has 0 aliphatic carbocycles. The van der Waals surface area contributed by atoms with E-state index >= 15 is 0 Å². The van der Waals surface area contributed by atoms with Gasteiger partial charge in [-0.15, -0.1) is 0 Å². The lowest BCUT2D eigenvalue weighted by Gasteiger charge is -1.99. The predicted octanol–water partition coefficient (Wildman–Crippen LogP) is 4.99. The maximum atomic E-state index is 5.60. The third kappa shape index (κ3) is 1.74. The predicted molar refractivity (Wildman–Crippen MR) is 77.3 cm³/mol. The van der Waals surface area contributed by atoms with E-state index in [4.69, 9.17) is 4.42 Å². The van der Waals surface area contributed by atoms with Crippen LogP contribution in [0.15, 0.2) is 65.3 Å². The molecule has 2 aromatic carbocycles. The minimum absolute atomic E-state index is 0.923. The van der Waals surface area contributed by atoms with Crippen molar-refractivity contribution in [3.63, 3.8) is 0 Å². The molecule has 1 heteroatoms. The Balaban J connectivity index is 2.30. The lowest BCUT2D eigenvalue weighted by molar-refractivity contribution is 0.615. The highest BCUT2D eigenvalue weighted by molar-refractivity contribution is 6.09. The minimum Gasteiger partial charge on any atom is -0.464 e. The second-order valence-electron chi connectivity index (χ2n) is 4.14. The Morgan fingerprint density at radius 1 is 1.00 bits per heavy atom. The Morgan fingerprint density at radius 3 is 2.78 bits per heavy atom. The van der Waals surface area contributed by atoms with Gasteiger partial charge in [0.1, 0.15) is 5.58 Å². The van der Waals surface area contributed by atoms with E-state index in [1.165, 1.54) is 16.2 Å². The molecule has 0 saturated carbocycles. The number of furan rings is 1. The average Bonchev–Trinajstić information content (AvgIpc) is 2.83. The second kappa shape index (κ2) is 4.53. The first kappa shape index (κ1) is 10.8. The molecule has 0 aliphatic rings. The highest BCUT2D eigenvalue weighted by atomic mass is 16.3. The number of hydrogen-bond donors (Lipinski definition) is 0. The van der Waals surface area contributed by atoms with E-state index in [2.05, 4.69) is 37.3 Å². The number of rotatable bonds is 2. The normalized spacial score (nSPS) is 12.3. The van der Waals surface area contributed by atoms with Crippen molar-refractivity contribution < 1.29 is 4.42 Å². The lowest BCUT2D eigenvalue weighted by atomic mass is 10.0. The molecular formula is C17H13O. The summed E-state index contributed by atoms with van der Waals surface area (Å²) < 4.78 is 5.60. The molecule has 0 atom stereocenters. The molecule has 0 bridgehead atoms. The molecule has 0 unspecified atom stereocenters. The van der Waals surface area contributed by atoms with Crippen molar-refractivity contribution in [2.24, 2.45) is 0 Å². The largest absolute Gasteiger partial charge is 0.464 e. The van der Waals surface area contributed by atoms with E-state index in [0.717, 1.165) is 11.1 Å². The van der Waals surface area contributed by atoms with Gasteiger partial charge >= 0.3 is 0 Å². The van der Waals surface area contributed by atoms with Gasteiger partial charge in [0.25, 0.3) is 0 Å². The van der Waals surface area contributed by atoms with Crippen LogP contribution in [0.3, 0.4) is 0 Å². The van der Waals surface area contributed by atoms with Gasteiger partial charge in [-0.1, -0.05) is 54.6 Å². The van der Waals surface area contributed by atoms with Crippen LogP contribution >= 0.6 is 0 Å². The summed E-state index contributed by atoms with van der Waals surface area (Å²) in [6.45, 7) is 3.66. The summed E-state index contributed by atoms with van der Waals surface area (Å²) >= 11 is 0. The fraction of sp³-hybridized carbons (Fsp3) is 0. The Bertz CT molecular complexity index is 744. The molecule has 3 aromatic rings. The molecule has 18 heavy (non-hydrogen) atoms. The van der Waals surface area contributed by atoms with Crippen LogP contribution in [0.4, 0.5) is 0 Å². The van der Waals surface area contributed by atoms with Crippen molar-refractivity contribution in [3.8, 4) is 0 Å². The molecule has 1 nitrogen and oxygen atoms in total. The maximum Gasteiger partial charge on any atom is 0.135 e. The molecule has 0 amide bonds. The van der Waals surface area contributed by atoms with Crippen LogP contribution in [0.5, 0.6) is 0 Å². The molecule has 3 rings (SSSR count). The molecule has 0 fully saturated rings. The molecular weight excluding hydrogens is 220 g/mol. The molecule has 0 aliphatic heterocycles. The molecule has 1 aromatic heterocycles. The van der Waals surface area contributed by atoms with Gasteiger partial charge in [0.15, 0.2) is 0 Å². The van der Waals surface area contributed by atoms with Crippen LogP contribution in [0.25, 0.3) is 27.8 Å². The van der Waals surface area contributed by atoms with E-state index in [0.29, 0.717) is 0 Å². The average molecular weight is 233 g/mol. The van der Waals surface area contributed by atoms with Gasteiger partial charge in [-0.3, -0.25) is 0 Å². The van der Waals surface area contributed by atoms with Gasteiger partial charge in [0.2, 0.25) is 0 Å². The first-order chi connectivity index (χ1) is 8.90. The van der Waals surface area contributed by atoms with Gasteiger partial charge in [-0.25, -0.2) is 0 Å².